The van der Waals surface area contributed by atoms with Crippen LogP contribution in [0.4, 0.5) is 0 Å². The minimum atomic E-state index is 1.16. The molecule has 78 valence electrons. The van der Waals surface area contributed by atoms with Gasteiger partial charge in [0.2, 0.25) is 0 Å². The number of rotatable bonds is 1. The summed E-state index contributed by atoms with van der Waals surface area (Å²) >= 11 is 0. The summed E-state index contributed by atoms with van der Waals surface area (Å²) in [5, 5.41) is 0. The van der Waals surface area contributed by atoms with Gasteiger partial charge in [-0.05, 0) is 17.2 Å². The first-order valence-corrected chi connectivity index (χ1v) is 5.34. The van der Waals surface area contributed by atoms with Crippen molar-refractivity contribution in [3.05, 3.63) is 54.9 Å². The first-order chi connectivity index (χ1) is 7.38. The van der Waals surface area contributed by atoms with E-state index in [0.29, 0.717) is 0 Å². The summed E-state index contributed by atoms with van der Waals surface area (Å²) in [6.45, 7) is 4.25. The molecule has 1 aromatic carbocycles. The van der Waals surface area contributed by atoms with E-state index in [1.165, 1.54) is 12.0 Å². The lowest BCUT2D eigenvalue weighted by Gasteiger charge is -1.97. The van der Waals surface area contributed by atoms with Crippen molar-refractivity contribution in [2.24, 2.45) is 0 Å². The van der Waals surface area contributed by atoms with Gasteiger partial charge in [0.05, 0.1) is 0 Å². The van der Waals surface area contributed by atoms with E-state index in [-0.39, 0.29) is 0 Å². The third-order valence-electron chi connectivity index (χ3n) is 1.77. The molecule has 0 fully saturated rings. The van der Waals surface area contributed by atoms with Crippen molar-refractivity contribution in [2.75, 3.05) is 0 Å². The molecular formula is C14H17N. The lowest BCUT2D eigenvalue weighted by atomic mass is 10.1. The molecule has 15 heavy (non-hydrogen) atoms. The van der Waals surface area contributed by atoms with Crippen LogP contribution in [0, 0.1) is 0 Å². The molecule has 1 heteroatoms. The van der Waals surface area contributed by atoms with Gasteiger partial charge in [-0.15, -0.1) is 0 Å². The van der Waals surface area contributed by atoms with Gasteiger partial charge in [-0.3, -0.25) is 4.98 Å². The third-order valence-corrected chi connectivity index (χ3v) is 1.77. The Balaban J connectivity index is 0.000000337. The van der Waals surface area contributed by atoms with Gasteiger partial charge >= 0.3 is 0 Å². The third kappa shape index (κ3) is 3.94. The summed E-state index contributed by atoms with van der Waals surface area (Å²) in [6, 6.07) is 14.2. The van der Waals surface area contributed by atoms with Crippen LogP contribution >= 0.6 is 0 Å². The van der Waals surface area contributed by atoms with E-state index in [0.717, 1.165) is 5.56 Å². The summed E-state index contributed by atoms with van der Waals surface area (Å²) in [4.78, 5) is 4.06. The molecular weight excluding hydrogens is 182 g/mol. The standard InChI is InChI=1S/C11H9N.C3H8/c1-2-5-10(6-3-1)11-7-4-8-12-9-11;1-3-2/h1-9H;3H2,1-2H3. The Labute approximate surface area is 91.8 Å². The first-order valence-electron chi connectivity index (χ1n) is 5.34. The highest BCUT2D eigenvalue weighted by Gasteiger charge is 1.92. The zero-order valence-corrected chi connectivity index (χ0v) is 9.35. The molecule has 0 spiro atoms. The Kier molecular flexibility index (Phi) is 5.16. The maximum absolute atomic E-state index is 4.06. The largest absolute Gasteiger partial charge is 0.264 e. The normalized spacial score (nSPS) is 8.93. The van der Waals surface area contributed by atoms with Crippen LogP contribution in [0.3, 0.4) is 0 Å². The number of hydrogen-bond donors (Lipinski definition) is 0. The molecule has 0 radical (unpaired) electrons. The van der Waals surface area contributed by atoms with Gasteiger partial charge in [0.15, 0.2) is 0 Å². The fraction of sp³-hybridized carbons (Fsp3) is 0.214. The lowest BCUT2D eigenvalue weighted by molar-refractivity contribution is 1.09. The van der Waals surface area contributed by atoms with Crippen molar-refractivity contribution in [1.82, 2.24) is 4.98 Å². The smallest absolute Gasteiger partial charge is 0.0346 e. The van der Waals surface area contributed by atoms with Gasteiger partial charge in [-0.25, -0.2) is 0 Å². The van der Waals surface area contributed by atoms with Crippen molar-refractivity contribution >= 4 is 0 Å². The Hall–Kier alpha value is -1.63. The number of hydrogen-bond acceptors (Lipinski definition) is 1. The number of nitrogens with zero attached hydrogens (tertiary/aromatic N) is 1. The van der Waals surface area contributed by atoms with Gasteiger partial charge < -0.3 is 0 Å². The molecule has 1 nitrogen and oxygen atoms in total. The van der Waals surface area contributed by atoms with Crippen molar-refractivity contribution < 1.29 is 0 Å². The monoisotopic (exact) mass is 199 g/mol. The van der Waals surface area contributed by atoms with Gasteiger partial charge in [0.25, 0.3) is 0 Å². The summed E-state index contributed by atoms with van der Waals surface area (Å²) in [5.41, 5.74) is 2.38. The molecule has 0 atom stereocenters. The predicted octanol–water partition coefficient (Wildman–Crippen LogP) is 4.16. The molecule has 0 N–H and O–H groups in total. The minimum Gasteiger partial charge on any atom is -0.264 e. The molecule has 0 aliphatic heterocycles. The molecule has 0 bridgehead atoms. The SMILES string of the molecule is CCC.c1ccc(-c2cccnc2)cc1. The Morgan fingerprint density at radius 3 is 2.00 bits per heavy atom. The van der Waals surface area contributed by atoms with Crippen molar-refractivity contribution in [3.8, 4) is 11.1 Å². The van der Waals surface area contributed by atoms with Crippen LogP contribution in [-0.2, 0) is 0 Å². The van der Waals surface area contributed by atoms with Gasteiger partial charge in [-0.2, -0.15) is 0 Å². The average molecular weight is 199 g/mol. The average Bonchev–Trinajstić information content (AvgIpc) is 2.32. The van der Waals surface area contributed by atoms with Crippen LogP contribution in [0.2, 0.25) is 0 Å². The van der Waals surface area contributed by atoms with E-state index in [4.69, 9.17) is 0 Å². The van der Waals surface area contributed by atoms with E-state index in [1.54, 1.807) is 6.20 Å². The highest BCUT2D eigenvalue weighted by Crippen LogP contribution is 2.16. The fourth-order valence-corrected chi connectivity index (χ4v) is 1.16. The molecule has 0 aliphatic rings. The van der Waals surface area contributed by atoms with Gasteiger partial charge in [-0.1, -0.05) is 56.7 Å². The van der Waals surface area contributed by atoms with Crippen LogP contribution < -0.4 is 0 Å². The molecule has 2 aromatic rings. The molecule has 1 aromatic heterocycles. The number of benzene rings is 1. The van der Waals surface area contributed by atoms with E-state index in [1.807, 2.05) is 30.5 Å². The Morgan fingerprint density at radius 1 is 0.867 bits per heavy atom. The van der Waals surface area contributed by atoms with Crippen LogP contribution in [0.25, 0.3) is 11.1 Å². The first kappa shape index (κ1) is 11.4. The molecule has 0 saturated carbocycles. The fourth-order valence-electron chi connectivity index (χ4n) is 1.16. The highest BCUT2D eigenvalue weighted by molar-refractivity contribution is 5.61. The second kappa shape index (κ2) is 6.77. The van der Waals surface area contributed by atoms with Crippen LogP contribution in [0.5, 0.6) is 0 Å². The quantitative estimate of drug-likeness (QED) is 0.672. The number of pyridine rings is 1. The molecule has 0 saturated heterocycles. The van der Waals surface area contributed by atoms with Crippen molar-refractivity contribution in [1.29, 1.82) is 0 Å². The van der Waals surface area contributed by atoms with Crippen LogP contribution in [-0.4, -0.2) is 4.98 Å². The molecule has 0 unspecified atom stereocenters. The molecule has 2 rings (SSSR count). The summed E-state index contributed by atoms with van der Waals surface area (Å²) in [5.74, 6) is 0. The summed E-state index contributed by atoms with van der Waals surface area (Å²) in [7, 11) is 0. The van der Waals surface area contributed by atoms with E-state index >= 15 is 0 Å². The second-order valence-corrected chi connectivity index (χ2v) is 3.31. The van der Waals surface area contributed by atoms with E-state index in [2.05, 4.69) is 37.0 Å². The minimum absolute atomic E-state index is 1.16. The molecule has 1 heterocycles. The van der Waals surface area contributed by atoms with Crippen LogP contribution in [0.15, 0.2) is 54.9 Å². The van der Waals surface area contributed by atoms with E-state index in [9.17, 15) is 0 Å². The number of aromatic nitrogens is 1. The summed E-state index contributed by atoms with van der Waals surface area (Å²) < 4.78 is 0. The Morgan fingerprint density at radius 2 is 1.47 bits per heavy atom. The zero-order valence-electron chi connectivity index (χ0n) is 9.35. The maximum atomic E-state index is 4.06. The maximum Gasteiger partial charge on any atom is 0.0346 e. The van der Waals surface area contributed by atoms with Gasteiger partial charge in [0.1, 0.15) is 0 Å². The zero-order chi connectivity index (χ0) is 10.9. The lowest BCUT2D eigenvalue weighted by Crippen LogP contribution is -1.76. The van der Waals surface area contributed by atoms with Crippen molar-refractivity contribution in [2.45, 2.75) is 20.3 Å². The molecule has 0 aliphatic carbocycles. The van der Waals surface area contributed by atoms with Crippen molar-refractivity contribution in [3.63, 3.8) is 0 Å². The summed E-state index contributed by atoms with van der Waals surface area (Å²) in [6.07, 6.45) is 4.90. The highest BCUT2D eigenvalue weighted by atomic mass is 14.6. The second-order valence-electron chi connectivity index (χ2n) is 3.31. The van der Waals surface area contributed by atoms with Gasteiger partial charge in [0, 0.05) is 12.4 Å². The van der Waals surface area contributed by atoms with E-state index < -0.39 is 0 Å². The predicted molar refractivity (Wildman–Crippen MR) is 65.6 cm³/mol. The topological polar surface area (TPSA) is 12.9 Å². The Bertz CT molecular complexity index is 316. The molecule has 0 amide bonds. The van der Waals surface area contributed by atoms with Crippen LogP contribution in [0.1, 0.15) is 20.3 Å².